The van der Waals surface area contributed by atoms with Crippen LogP contribution in [-0.4, -0.2) is 29.7 Å². The van der Waals surface area contributed by atoms with Gasteiger partial charge in [-0.05, 0) is 61.2 Å². The highest BCUT2D eigenvalue weighted by Crippen LogP contribution is 2.26. The number of amides is 1. The van der Waals surface area contributed by atoms with Crippen LogP contribution in [0.25, 0.3) is 10.9 Å². The number of fused-ring (bicyclic) bond motifs is 2. The third-order valence-electron chi connectivity index (χ3n) is 4.89. The zero-order chi connectivity index (χ0) is 20.4. The summed E-state index contributed by atoms with van der Waals surface area (Å²) in [6, 6.07) is 13.2. The van der Waals surface area contributed by atoms with Crippen LogP contribution in [0, 0.1) is 0 Å². The van der Waals surface area contributed by atoms with Crippen LogP contribution in [0.3, 0.4) is 0 Å². The lowest BCUT2D eigenvalue weighted by molar-refractivity contribution is 0.102. The Morgan fingerprint density at radius 3 is 2.79 bits per heavy atom. The van der Waals surface area contributed by atoms with E-state index < -0.39 is 0 Å². The number of hydrogen-bond donors (Lipinski definition) is 4. The molecule has 1 aliphatic rings. The maximum absolute atomic E-state index is 12.7. The van der Waals surface area contributed by atoms with Crippen molar-refractivity contribution in [3.8, 4) is 5.75 Å². The molecule has 1 heterocycles. The van der Waals surface area contributed by atoms with Gasteiger partial charge in [0.05, 0.1) is 12.8 Å². The summed E-state index contributed by atoms with van der Waals surface area (Å²) < 4.78 is 5.23. The van der Waals surface area contributed by atoms with Crippen molar-refractivity contribution in [2.24, 2.45) is 21.7 Å². The Morgan fingerprint density at radius 2 is 2.00 bits per heavy atom. The fraction of sp³-hybridized carbons (Fsp3) is 0.190. The van der Waals surface area contributed by atoms with Crippen LogP contribution in [-0.2, 0) is 6.42 Å². The van der Waals surface area contributed by atoms with Crippen molar-refractivity contribution in [3.63, 3.8) is 0 Å². The number of nitrogens with zero attached hydrogens (tertiary/aromatic N) is 2. The number of anilines is 1. The fourth-order valence-electron chi connectivity index (χ4n) is 3.52. The van der Waals surface area contributed by atoms with Crippen LogP contribution in [0.1, 0.15) is 34.5 Å². The molecule has 8 nitrogen and oxygen atoms in total. The Kier molecular flexibility index (Phi) is 4.90. The molecule has 6 N–H and O–H groups in total. The SMILES string of the molecule is COc1ccc2[nH]c(C(=O)Nc3ccc4c(c3)CCC/C4=N/N=C(N)N)cc2c1. The van der Waals surface area contributed by atoms with Gasteiger partial charge in [0.15, 0.2) is 0 Å². The normalized spacial score (nSPS) is 14.4. The minimum atomic E-state index is -0.203. The second kappa shape index (κ2) is 7.67. The number of guanidine groups is 1. The standard InChI is InChI=1S/C21H22N6O2/c1-29-15-6-8-17-13(10-15)11-19(25-17)20(28)24-14-5-7-16-12(9-14)3-2-4-18(16)26-27-21(22)23/h5-11,25H,2-4H2,1H3,(H,24,28)(H4,22,23,27)/b26-18-. The van der Waals surface area contributed by atoms with Gasteiger partial charge in [0, 0.05) is 22.2 Å². The van der Waals surface area contributed by atoms with Gasteiger partial charge in [-0.15, -0.1) is 5.10 Å². The Balaban J connectivity index is 1.56. The predicted octanol–water partition coefficient (Wildman–Crippen LogP) is 2.74. The number of benzene rings is 2. The van der Waals surface area contributed by atoms with Gasteiger partial charge >= 0.3 is 0 Å². The number of carbonyl (C=O) groups is 1. The van der Waals surface area contributed by atoms with E-state index in [1.165, 1.54) is 0 Å². The van der Waals surface area contributed by atoms with Gasteiger partial charge in [0.25, 0.3) is 5.91 Å². The topological polar surface area (TPSA) is 131 Å². The van der Waals surface area contributed by atoms with Crippen LogP contribution in [0.5, 0.6) is 5.75 Å². The smallest absolute Gasteiger partial charge is 0.272 e. The fourth-order valence-corrected chi connectivity index (χ4v) is 3.52. The van der Waals surface area contributed by atoms with Crippen molar-refractivity contribution >= 4 is 34.2 Å². The summed E-state index contributed by atoms with van der Waals surface area (Å²) >= 11 is 0. The van der Waals surface area contributed by atoms with Crippen molar-refractivity contribution in [1.29, 1.82) is 0 Å². The van der Waals surface area contributed by atoms with E-state index in [0.717, 1.165) is 58.4 Å². The van der Waals surface area contributed by atoms with Crippen molar-refractivity contribution in [2.75, 3.05) is 12.4 Å². The highest BCUT2D eigenvalue weighted by atomic mass is 16.5. The first-order chi connectivity index (χ1) is 14.0. The number of ether oxygens (including phenoxy) is 1. The average Bonchev–Trinajstić information content (AvgIpc) is 3.15. The number of hydrogen-bond acceptors (Lipinski definition) is 4. The summed E-state index contributed by atoms with van der Waals surface area (Å²) in [5.41, 5.74) is 15.8. The van der Waals surface area contributed by atoms with Gasteiger partial charge in [0.2, 0.25) is 5.96 Å². The first-order valence-electron chi connectivity index (χ1n) is 9.30. The molecule has 0 radical (unpaired) electrons. The maximum atomic E-state index is 12.7. The Morgan fingerprint density at radius 1 is 1.14 bits per heavy atom. The highest BCUT2D eigenvalue weighted by molar-refractivity contribution is 6.07. The molecule has 29 heavy (non-hydrogen) atoms. The first-order valence-corrected chi connectivity index (χ1v) is 9.30. The van der Waals surface area contributed by atoms with Gasteiger partial charge < -0.3 is 26.5 Å². The molecular weight excluding hydrogens is 368 g/mol. The second-order valence-electron chi connectivity index (χ2n) is 6.89. The number of aromatic nitrogens is 1. The Hall–Kier alpha value is -3.81. The van der Waals surface area contributed by atoms with Gasteiger partial charge in [-0.3, -0.25) is 4.79 Å². The Bertz CT molecular complexity index is 1140. The van der Waals surface area contributed by atoms with Crippen molar-refractivity contribution in [1.82, 2.24) is 4.98 Å². The number of methoxy groups -OCH3 is 1. The van der Waals surface area contributed by atoms with Crippen LogP contribution >= 0.6 is 0 Å². The van der Waals surface area contributed by atoms with Gasteiger partial charge in [-0.25, -0.2) is 0 Å². The molecular formula is C21H22N6O2. The van der Waals surface area contributed by atoms with E-state index in [1.807, 2.05) is 42.5 Å². The minimum Gasteiger partial charge on any atom is -0.497 e. The number of nitrogens with two attached hydrogens (primary N) is 2. The number of aromatic amines is 1. The first kappa shape index (κ1) is 18.5. The lowest BCUT2D eigenvalue weighted by Crippen LogP contribution is -2.22. The molecule has 4 rings (SSSR count). The summed E-state index contributed by atoms with van der Waals surface area (Å²) in [5, 5.41) is 11.8. The molecule has 0 aliphatic heterocycles. The molecule has 3 aromatic rings. The predicted molar refractivity (Wildman–Crippen MR) is 115 cm³/mol. The molecule has 1 aromatic heterocycles. The molecule has 0 fully saturated rings. The molecule has 0 spiro atoms. The number of nitrogens with one attached hydrogen (secondary N) is 2. The molecule has 0 atom stereocenters. The van der Waals surface area contributed by atoms with E-state index in [9.17, 15) is 4.79 Å². The molecule has 0 bridgehead atoms. The average molecular weight is 390 g/mol. The third-order valence-corrected chi connectivity index (χ3v) is 4.89. The number of H-pyrrole nitrogens is 1. The molecule has 2 aromatic carbocycles. The van der Waals surface area contributed by atoms with Gasteiger partial charge in [0.1, 0.15) is 11.4 Å². The van der Waals surface area contributed by atoms with Crippen molar-refractivity contribution < 1.29 is 9.53 Å². The zero-order valence-electron chi connectivity index (χ0n) is 16.0. The summed E-state index contributed by atoms with van der Waals surface area (Å²) in [6.07, 6.45) is 2.67. The van der Waals surface area contributed by atoms with Crippen molar-refractivity contribution in [2.45, 2.75) is 19.3 Å². The molecule has 8 heteroatoms. The number of aryl methyl sites for hydroxylation is 1. The lowest BCUT2D eigenvalue weighted by Gasteiger charge is -2.18. The van der Waals surface area contributed by atoms with E-state index >= 15 is 0 Å². The molecule has 1 aliphatic carbocycles. The van der Waals surface area contributed by atoms with E-state index in [2.05, 4.69) is 20.5 Å². The van der Waals surface area contributed by atoms with E-state index in [1.54, 1.807) is 7.11 Å². The molecule has 148 valence electrons. The van der Waals surface area contributed by atoms with E-state index in [0.29, 0.717) is 5.69 Å². The molecule has 0 saturated heterocycles. The minimum absolute atomic E-state index is 0.0653. The van der Waals surface area contributed by atoms with Gasteiger partial charge in [-0.2, -0.15) is 5.10 Å². The summed E-state index contributed by atoms with van der Waals surface area (Å²) in [5.74, 6) is 0.478. The van der Waals surface area contributed by atoms with Crippen LogP contribution in [0.4, 0.5) is 5.69 Å². The quantitative estimate of drug-likeness (QED) is 0.310. The van der Waals surface area contributed by atoms with E-state index in [4.69, 9.17) is 16.2 Å². The number of rotatable bonds is 4. The summed E-state index contributed by atoms with van der Waals surface area (Å²) in [7, 11) is 1.62. The monoisotopic (exact) mass is 390 g/mol. The van der Waals surface area contributed by atoms with Crippen LogP contribution in [0.2, 0.25) is 0 Å². The Labute approximate surface area is 167 Å². The summed E-state index contributed by atoms with van der Waals surface area (Å²) in [6.45, 7) is 0. The molecule has 0 unspecified atom stereocenters. The number of carbonyl (C=O) groups excluding carboxylic acids is 1. The zero-order valence-corrected chi connectivity index (χ0v) is 16.0. The molecule has 0 saturated carbocycles. The maximum Gasteiger partial charge on any atom is 0.272 e. The lowest BCUT2D eigenvalue weighted by atomic mass is 9.90. The van der Waals surface area contributed by atoms with Crippen LogP contribution in [0.15, 0.2) is 52.7 Å². The van der Waals surface area contributed by atoms with Crippen molar-refractivity contribution in [3.05, 3.63) is 59.3 Å². The highest BCUT2D eigenvalue weighted by Gasteiger charge is 2.17. The molecule has 1 amide bonds. The van der Waals surface area contributed by atoms with E-state index in [-0.39, 0.29) is 11.9 Å². The van der Waals surface area contributed by atoms with Gasteiger partial charge in [-0.1, -0.05) is 6.07 Å². The van der Waals surface area contributed by atoms with Crippen LogP contribution < -0.4 is 21.5 Å². The largest absolute Gasteiger partial charge is 0.497 e. The third kappa shape index (κ3) is 3.91. The summed E-state index contributed by atoms with van der Waals surface area (Å²) in [4.78, 5) is 15.8. The second-order valence-corrected chi connectivity index (χ2v) is 6.89.